The molecule has 686 valence electrons. The number of nitrogens with zero attached hydrogens (tertiary/aromatic N) is 8. The van der Waals surface area contributed by atoms with Crippen LogP contribution in [0.25, 0.3) is 66.3 Å². The Kier molecular flexibility index (Phi) is 27.6. The average Bonchev–Trinajstić information content (AvgIpc) is 1.22. The van der Waals surface area contributed by atoms with Gasteiger partial charge >= 0.3 is 36.4 Å². The summed E-state index contributed by atoms with van der Waals surface area (Å²) in [4.78, 5) is 147. The summed E-state index contributed by atoms with van der Waals surface area (Å²) in [6.07, 6.45) is 7.05. The molecule has 6 aromatic carbocycles. The molecule has 8 amide bonds. The second kappa shape index (κ2) is 38.4. The molecule has 31 heteroatoms. The number of ether oxygens (including phenoxy) is 8. The molecule has 16 rings (SSSR count). The summed E-state index contributed by atoms with van der Waals surface area (Å²) in [5.74, 6) is 2.50. The molecule has 129 heavy (non-hydrogen) atoms. The molecule has 12 atom stereocenters. The zero-order valence-corrected chi connectivity index (χ0v) is 77.5. The molecule has 8 aliphatic rings. The van der Waals surface area contributed by atoms with Crippen molar-refractivity contribution in [3.05, 3.63) is 131 Å². The summed E-state index contributed by atoms with van der Waals surface area (Å²) >= 11 is 0. The van der Waals surface area contributed by atoms with Crippen LogP contribution in [0.5, 0.6) is 11.5 Å². The summed E-state index contributed by atoms with van der Waals surface area (Å²) in [6, 6.07) is 26.4. The summed E-state index contributed by atoms with van der Waals surface area (Å²) in [5.41, 5.74) is 15.7. The number of aromatic amines is 2. The monoisotopic (exact) mass is 1770 g/mol. The number of aromatic nitrogens is 4. The van der Waals surface area contributed by atoms with E-state index in [1.54, 1.807) is 13.8 Å². The summed E-state index contributed by atoms with van der Waals surface area (Å²) in [6.45, 7) is 31.3. The molecule has 4 fully saturated rings. The number of carbonyl (C=O) groups is 9. The molecule has 4 saturated heterocycles. The van der Waals surface area contributed by atoms with Gasteiger partial charge in [-0.3, -0.25) is 29.3 Å². The van der Waals surface area contributed by atoms with Crippen LogP contribution >= 0.6 is 0 Å². The molecule has 0 radical (unpaired) electrons. The van der Waals surface area contributed by atoms with E-state index in [2.05, 4.69) is 139 Å². The maximum atomic E-state index is 13.9. The van der Waals surface area contributed by atoms with Crippen LogP contribution in [-0.2, 0) is 73.7 Å². The van der Waals surface area contributed by atoms with E-state index in [-0.39, 0.29) is 83.7 Å². The molecule has 0 unspecified atom stereocenters. The summed E-state index contributed by atoms with van der Waals surface area (Å²) in [5, 5.41) is 15.0. The van der Waals surface area contributed by atoms with Crippen LogP contribution in [0.2, 0.25) is 0 Å². The predicted octanol–water partition coefficient (Wildman–Crippen LogP) is 16.5. The van der Waals surface area contributed by atoms with Gasteiger partial charge in [-0.2, -0.15) is 0 Å². The third-order valence-corrected chi connectivity index (χ3v) is 26.0. The van der Waals surface area contributed by atoms with Gasteiger partial charge < -0.3 is 83.8 Å². The first kappa shape index (κ1) is 92.6. The van der Waals surface area contributed by atoms with E-state index in [4.69, 9.17) is 48.4 Å². The molecular weight excluding hydrogens is 1650 g/mol. The number of rotatable bonds is 18. The number of H-pyrrole nitrogens is 2. The van der Waals surface area contributed by atoms with Crippen LogP contribution < -0.4 is 30.7 Å². The Morgan fingerprint density at radius 3 is 1.22 bits per heavy atom. The first-order chi connectivity index (χ1) is 61.5. The van der Waals surface area contributed by atoms with Gasteiger partial charge in [0.1, 0.15) is 66.1 Å². The lowest BCUT2D eigenvalue weighted by Gasteiger charge is -2.32. The highest BCUT2D eigenvalue weighted by Gasteiger charge is 2.47. The van der Waals surface area contributed by atoms with E-state index >= 15 is 0 Å². The summed E-state index contributed by atoms with van der Waals surface area (Å²) in [7, 11) is 6.41. The number of hydrogen-bond donors (Lipinski definition) is 6. The smallest absolute Gasteiger partial charge is 0.410 e. The van der Waals surface area contributed by atoms with Gasteiger partial charge in [-0.1, -0.05) is 106 Å². The van der Waals surface area contributed by atoms with Crippen molar-refractivity contribution < 1.29 is 81.0 Å². The molecular formula is C98H122N14O17. The van der Waals surface area contributed by atoms with Gasteiger partial charge in [0.25, 0.3) is 0 Å². The first-order valence-electron chi connectivity index (χ1n) is 44.8. The Morgan fingerprint density at radius 1 is 0.450 bits per heavy atom. The number of aliphatic imine (C=N–C) groups is 2. The van der Waals surface area contributed by atoms with Crippen LogP contribution in [0.15, 0.2) is 107 Å². The zero-order chi connectivity index (χ0) is 92.6. The Bertz CT molecular complexity index is 5710. The van der Waals surface area contributed by atoms with Gasteiger partial charge in [0.05, 0.1) is 94.9 Å². The SMILES string of the molecule is COC(=O)N[C@H](C(=O)N1C[C@@H](C)C[C@H]1C1=Nc2ccc3cc4c(cc3c2C1)OCc1cc(-c2cnc([C@@H]3CC[C@H](C)N3C(=O)[C@@H](NC(=O)OC)C(C)C)[nH]2)ccc1-4)C(C)C.COC(=O)N[C@H](C(=O)N1[C@@H](C)CC[C@H]1c1ncc(-c2ccc3c(c2)COc2cc4c5c(ccc4cc2-3)N=C([C@@H]2C[C@H](C)CN2C(=O)OC(C)(C)C)C5)[nH]1)C(C)C.COC(=O)N[C@H](C(=O)OC)C(C)C. The van der Waals surface area contributed by atoms with E-state index in [0.717, 1.165) is 162 Å². The highest BCUT2D eigenvalue weighted by molar-refractivity contribution is 6.08. The highest BCUT2D eigenvalue weighted by atomic mass is 16.6. The molecule has 6 N–H and O–H groups in total. The average molecular weight is 1770 g/mol. The fourth-order valence-electron chi connectivity index (χ4n) is 19.2. The third kappa shape index (κ3) is 19.4. The van der Waals surface area contributed by atoms with Crippen molar-refractivity contribution in [1.29, 1.82) is 0 Å². The largest absolute Gasteiger partial charge is 0.488 e. The number of carbonyl (C=O) groups excluding carboxylic acids is 9. The third-order valence-electron chi connectivity index (χ3n) is 26.0. The van der Waals surface area contributed by atoms with Crippen LogP contribution in [-0.4, -0.2) is 208 Å². The maximum Gasteiger partial charge on any atom is 0.410 e. The molecule has 8 aromatic rings. The lowest BCUT2D eigenvalue weighted by Crippen LogP contribution is -2.53. The Balaban J connectivity index is 0.000000183. The Labute approximate surface area is 752 Å². The number of amides is 8. The van der Waals surface area contributed by atoms with Gasteiger partial charge in [-0.25, -0.2) is 38.7 Å². The van der Waals surface area contributed by atoms with E-state index in [1.807, 2.05) is 108 Å². The van der Waals surface area contributed by atoms with Crippen molar-refractivity contribution >= 4 is 98.5 Å². The minimum Gasteiger partial charge on any atom is -0.488 e. The van der Waals surface area contributed by atoms with Crippen molar-refractivity contribution in [2.75, 3.05) is 48.6 Å². The Hall–Kier alpha value is -12.6. The number of nitrogens with one attached hydrogen (secondary N) is 6. The molecule has 31 nitrogen and oxygen atoms in total. The predicted molar refractivity (Wildman–Crippen MR) is 489 cm³/mol. The van der Waals surface area contributed by atoms with Crippen molar-refractivity contribution in [3.8, 4) is 56.3 Å². The van der Waals surface area contributed by atoms with Crippen molar-refractivity contribution in [2.45, 2.75) is 234 Å². The Morgan fingerprint density at radius 2 is 0.837 bits per heavy atom. The first-order valence-corrected chi connectivity index (χ1v) is 44.8. The molecule has 10 heterocycles. The number of fused-ring (bicyclic) bond motifs is 12. The van der Waals surface area contributed by atoms with E-state index in [1.165, 1.54) is 41.1 Å². The standard InChI is InChI=1S/C46H55N7O7.C44H52N6O6.C8H15NO4/c1-23(2)40(50-45(56)58-7)43(54)52-21-25(5)15-38(52)35-18-32-31-19-39-33(17-27(31)11-13-34(32)48-35)30-12-10-28(16-29(30)22-60-39)36-20-47-42(49-36)37-14-9-26(6)53(37)44(55)41(24(3)4)51-46(57)59-8;1-23(2)39(48-42(52)54-8)41(51)50-25(4)9-14-36(50)40-45-20-35(47-40)27-10-12-29-28(16-27)22-55-38-19-30-26(17-32(29)38)11-13-33-31(30)18-34(46-33)37-15-24(3)21-49(37)43(53)56-44(5,6)7;1-5(2)6(7(10)12-3)9-8(11)13-4/h10-13,16-17,19-20,23-26,37-38,40-41H,9,14-15,18,21-22H2,1-8H3,(H,47,49)(H,50,56)(H,51,57);10-13,16-17,19-20,23-25,36-37,39H,9,14-15,18,21-22H2,1-8H3,(H,45,47)(H,48,52);5-6H,1-4H3,(H,9,11)/t25-,26-,37-,38-,40-,41-;24-,25-,36-,37-,39-;6-/m000/s1. The fraction of sp³-hybridized carbons (Fsp3) is 0.500. The van der Waals surface area contributed by atoms with E-state index < -0.39 is 60.1 Å². The number of benzene rings is 6. The number of imidazole rings is 2. The number of esters is 1. The number of methoxy groups -OCH3 is 5. The lowest BCUT2D eigenvalue weighted by molar-refractivity contribution is -0.144. The van der Waals surface area contributed by atoms with E-state index in [0.29, 0.717) is 56.8 Å². The molecule has 0 bridgehead atoms. The highest BCUT2D eigenvalue weighted by Crippen LogP contribution is 2.49. The summed E-state index contributed by atoms with van der Waals surface area (Å²) < 4.78 is 42.0. The van der Waals surface area contributed by atoms with Gasteiger partial charge in [0.15, 0.2) is 0 Å². The van der Waals surface area contributed by atoms with Crippen molar-refractivity contribution in [2.24, 2.45) is 45.5 Å². The molecule has 2 aromatic heterocycles. The molecule has 0 aliphatic carbocycles. The maximum absolute atomic E-state index is 13.9. The van der Waals surface area contributed by atoms with Crippen LogP contribution in [0, 0.1) is 35.5 Å². The fourth-order valence-corrected chi connectivity index (χ4v) is 19.2. The number of hydrogen-bond acceptors (Lipinski definition) is 21. The minimum atomic E-state index is -0.715. The van der Waals surface area contributed by atoms with Crippen molar-refractivity contribution in [3.63, 3.8) is 0 Å². The van der Waals surface area contributed by atoms with Gasteiger partial charge in [0, 0.05) is 60.6 Å². The van der Waals surface area contributed by atoms with Gasteiger partial charge in [0.2, 0.25) is 17.7 Å². The molecule has 8 aliphatic heterocycles. The second-order valence-corrected chi connectivity index (χ2v) is 37.7. The van der Waals surface area contributed by atoms with Crippen LogP contribution in [0.4, 0.5) is 35.3 Å². The molecule has 0 saturated carbocycles. The lowest BCUT2D eigenvalue weighted by atomic mass is 9.90. The number of likely N-dealkylation sites (tertiary alicyclic amines) is 4. The zero-order valence-electron chi connectivity index (χ0n) is 77.5. The minimum absolute atomic E-state index is 0.0000573. The van der Waals surface area contributed by atoms with Crippen LogP contribution in [0.1, 0.15) is 188 Å². The van der Waals surface area contributed by atoms with E-state index in [9.17, 15) is 43.2 Å². The van der Waals surface area contributed by atoms with Crippen LogP contribution in [0.3, 0.4) is 0 Å². The normalized spacial score (nSPS) is 20.8. The van der Waals surface area contributed by atoms with Gasteiger partial charge in [-0.05, 0) is 223 Å². The van der Waals surface area contributed by atoms with Crippen molar-refractivity contribution in [1.82, 2.24) is 60.8 Å². The quantitative estimate of drug-likeness (QED) is 0.0343. The second-order valence-electron chi connectivity index (χ2n) is 37.7. The topological polar surface area (TPSA) is 371 Å². The number of alkyl carbamates (subject to hydrolysis) is 4. The van der Waals surface area contributed by atoms with Gasteiger partial charge in [-0.15, -0.1) is 0 Å². The molecule has 0 spiro atoms.